The summed E-state index contributed by atoms with van der Waals surface area (Å²) in [5.74, 6) is -9.69. The van der Waals surface area contributed by atoms with E-state index in [1.54, 1.807) is 0 Å². The van der Waals surface area contributed by atoms with Gasteiger partial charge in [-0.15, -0.1) is 0 Å². The molecule has 1 radical (unpaired) electrons. The van der Waals surface area contributed by atoms with Crippen LogP contribution >= 0.6 is 0 Å². The van der Waals surface area contributed by atoms with Crippen LogP contribution in [0.1, 0.15) is 36.0 Å². The zero-order chi connectivity index (χ0) is 30.2. The van der Waals surface area contributed by atoms with Gasteiger partial charge in [0, 0.05) is 70.2 Å². The number of aryl methyl sites for hydroxylation is 3. The minimum Gasteiger partial charge on any atom is -0.504 e. The van der Waals surface area contributed by atoms with Gasteiger partial charge in [-0.2, -0.15) is 39.5 Å². The summed E-state index contributed by atoms with van der Waals surface area (Å²) in [5, 5.41) is 26.6. The zero-order valence-corrected chi connectivity index (χ0v) is 23.1. The number of rotatable bonds is 12. The Morgan fingerprint density at radius 3 is 0.900 bits per heavy atom. The van der Waals surface area contributed by atoms with Crippen LogP contribution in [0.2, 0.25) is 0 Å². The van der Waals surface area contributed by atoms with Gasteiger partial charge in [-0.25, -0.2) is 0 Å². The molecule has 3 N–H and O–H groups in total. The summed E-state index contributed by atoms with van der Waals surface area (Å²) in [5.41, 5.74) is 0.786. The molecule has 0 aliphatic rings. The van der Waals surface area contributed by atoms with Crippen LogP contribution in [0.5, 0.6) is 0 Å². The first kappa shape index (κ1) is 37.3. The maximum Gasteiger partial charge on any atom is 0.448 e. The molecule has 0 unspecified atom stereocenters. The van der Waals surface area contributed by atoms with Crippen molar-refractivity contribution >= 4 is 17.3 Å². The van der Waals surface area contributed by atoms with E-state index in [0.29, 0.717) is 0 Å². The average molecular weight is 665 g/mol. The second-order valence-electron chi connectivity index (χ2n) is 8.14. The summed E-state index contributed by atoms with van der Waals surface area (Å²) >= 11 is 0. The largest absolute Gasteiger partial charge is 0.504 e. The van der Waals surface area contributed by atoms with E-state index in [1.807, 2.05) is 0 Å². The van der Waals surface area contributed by atoms with Crippen LogP contribution in [0.15, 0.2) is 53.7 Å². The third kappa shape index (κ3) is 14.1. The van der Waals surface area contributed by atoms with Gasteiger partial charge in [-0.05, 0) is 36.0 Å². The molecule has 219 valence electrons. The topological polar surface area (TPSA) is 112 Å². The second kappa shape index (κ2) is 15.4. The number of allylic oxidation sites excluding steroid dienone is 6. The molecule has 6 nitrogen and oxygen atoms in total. The summed E-state index contributed by atoms with van der Waals surface area (Å²) in [4.78, 5) is 35.3. The Bertz CT molecular complexity index is 1010. The molecule has 0 aliphatic heterocycles. The Morgan fingerprint density at radius 1 is 0.525 bits per heavy atom. The molecule has 0 atom stereocenters. The van der Waals surface area contributed by atoms with Crippen LogP contribution in [0.3, 0.4) is 0 Å². The van der Waals surface area contributed by atoms with Crippen LogP contribution in [0.25, 0.3) is 0 Å². The first-order valence-electron chi connectivity index (χ1n) is 10.8. The number of carbonyl (C=O) groups excluding carboxylic acids is 3. The van der Waals surface area contributed by atoms with Crippen molar-refractivity contribution in [3.8, 4) is 0 Å². The number of aliphatic hydroxyl groups is 3. The zero-order valence-electron chi connectivity index (χ0n) is 20.3. The van der Waals surface area contributed by atoms with Gasteiger partial charge in [0.15, 0.2) is 17.3 Å². The van der Waals surface area contributed by atoms with E-state index in [4.69, 9.17) is 15.3 Å². The number of ketones is 3. The van der Waals surface area contributed by atoms with Gasteiger partial charge < -0.3 is 15.3 Å². The van der Waals surface area contributed by atoms with Crippen molar-refractivity contribution in [3.63, 3.8) is 0 Å². The standard InChI is InChI=1S/C24H21F9O6.Y/c25-22(26,27)19(37)10-16(34)4-1-13-7-14(2-5-17(35)11-20(38)23(28,29)30)9-15(8-13)3-6-18(36)12-21(39)24(31,32)33;/h7-12,37-39H,1-6H2;/b19-10-,20-11+,21-12+;. The Morgan fingerprint density at radius 2 is 0.725 bits per heavy atom. The van der Waals surface area contributed by atoms with Crippen LogP contribution in [0, 0.1) is 0 Å². The maximum atomic E-state index is 12.4. The van der Waals surface area contributed by atoms with E-state index in [0.717, 1.165) is 0 Å². The van der Waals surface area contributed by atoms with E-state index >= 15 is 0 Å². The summed E-state index contributed by atoms with van der Waals surface area (Å²) in [6.07, 6.45) is -17.8. The molecule has 0 bridgehead atoms. The molecular formula is C24H21F9O6Y. The number of alkyl halides is 9. The monoisotopic (exact) mass is 665 g/mol. The Balaban J connectivity index is 0.0000152. The average Bonchev–Trinajstić information content (AvgIpc) is 2.78. The molecule has 16 heteroatoms. The first-order chi connectivity index (χ1) is 17.7. The third-order valence-electron chi connectivity index (χ3n) is 4.86. The van der Waals surface area contributed by atoms with Crippen LogP contribution in [0.4, 0.5) is 39.5 Å². The number of aliphatic hydroxyl groups excluding tert-OH is 3. The van der Waals surface area contributed by atoms with Crippen LogP contribution < -0.4 is 0 Å². The molecule has 0 fully saturated rings. The van der Waals surface area contributed by atoms with Gasteiger partial charge in [0.05, 0.1) is 0 Å². The van der Waals surface area contributed by atoms with E-state index in [9.17, 15) is 53.9 Å². The first-order valence-corrected chi connectivity index (χ1v) is 10.8. The Labute approximate surface area is 246 Å². The molecule has 1 aromatic carbocycles. The molecule has 1 rings (SSSR count). The molecule has 0 saturated heterocycles. The molecule has 40 heavy (non-hydrogen) atoms. The number of hydrogen-bond donors (Lipinski definition) is 3. The van der Waals surface area contributed by atoms with Crippen LogP contribution in [-0.2, 0) is 66.4 Å². The van der Waals surface area contributed by atoms with Crippen molar-refractivity contribution in [1.82, 2.24) is 0 Å². The van der Waals surface area contributed by atoms with Gasteiger partial charge in [0.25, 0.3) is 0 Å². The van der Waals surface area contributed by atoms with E-state index in [1.165, 1.54) is 18.2 Å². The summed E-state index contributed by atoms with van der Waals surface area (Å²) < 4.78 is 111. The molecule has 0 saturated carbocycles. The minimum atomic E-state index is -5.15. The maximum absolute atomic E-state index is 12.4. The number of carbonyl (C=O) groups is 3. The second-order valence-corrected chi connectivity index (χ2v) is 8.14. The van der Waals surface area contributed by atoms with Crippen LogP contribution in [-0.4, -0.2) is 51.2 Å². The fourth-order valence-electron chi connectivity index (χ4n) is 2.99. The van der Waals surface area contributed by atoms with Crippen molar-refractivity contribution in [2.75, 3.05) is 0 Å². The summed E-state index contributed by atoms with van der Waals surface area (Å²) in [6.45, 7) is 0. The smallest absolute Gasteiger partial charge is 0.448 e. The van der Waals surface area contributed by atoms with Gasteiger partial charge in [0.2, 0.25) is 17.3 Å². The van der Waals surface area contributed by atoms with Gasteiger partial charge in [-0.1, -0.05) is 18.2 Å². The SMILES string of the molecule is O=C(/C=C(\O)C(F)(F)F)CCc1cc(CCC(=O)/C=C(/O)C(F)(F)F)cc(CCC(=O)/C=C(/O)C(F)(F)F)c1.[Y]. The van der Waals surface area contributed by atoms with Crippen molar-refractivity contribution < 1.29 is 102 Å². The minimum absolute atomic E-state index is 0. The Hall–Kier alpha value is -2.68. The van der Waals surface area contributed by atoms with E-state index < -0.39 is 72.4 Å². The van der Waals surface area contributed by atoms with Crippen molar-refractivity contribution in [2.24, 2.45) is 0 Å². The van der Waals surface area contributed by atoms with Crippen molar-refractivity contribution in [3.05, 3.63) is 70.4 Å². The summed E-state index contributed by atoms with van der Waals surface area (Å²) in [7, 11) is 0. The van der Waals surface area contributed by atoms with Gasteiger partial charge >= 0.3 is 18.5 Å². The predicted octanol–water partition coefficient (Wildman–Crippen LogP) is 6.20. The molecule has 0 amide bonds. The number of halogens is 9. The normalized spacial score (nSPS) is 13.6. The van der Waals surface area contributed by atoms with E-state index in [-0.39, 0.29) is 86.9 Å². The van der Waals surface area contributed by atoms with Crippen molar-refractivity contribution in [1.29, 1.82) is 0 Å². The van der Waals surface area contributed by atoms with Gasteiger partial charge in [0.1, 0.15) is 0 Å². The fraction of sp³-hybridized carbons (Fsp3) is 0.375. The Kier molecular flexibility index (Phi) is 14.3. The molecular weight excluding hydrogens is 644 g/mol. The predicted molar refractivity (Wildman–Crippen MR) is 117 cm³/mol. The fourth-order valence-corrected chi connectivity index (χ4v) is 2.99. The third-order valence-corrected chi connectivity index (χ3v) is 4.86. The molecule has 0 spiro atoms. The number of benzene rings is 1. The molecule has 0 aliphatic carbocycles. The van der Waals surface area contributed by atoms with Crippen molar-refractivity contribution in [2.45, 2.75) is 57.1 Å². The van der Waals surface area contributed by atoms with E-state index in [2.05, 4.69) is 0 Å². The number of hydrogen-bond acceptors (Lipinski definition) is 6. The molecule has 1 aromatic rings. The quantitative estimate of drug-likeness (QED) is 0.139. The molecule has 0 aromatic heterocycles. The van der Waals surface area contributed by atoms with Gasteiger partial charge in [-0.3, -0.25) is 14.4 Å². The molecule has 0 heterocycles. The summed E-state index contributed by atoms with van der Waals surface area (Å²) in [6, 6.07) is 4.09.